The molecule has 4 atom stereocenters. The summed E-state index contributed by atoms with van der Waals surface area (Å²) < 4.78 is 31.8. The van der Waals surface area contributed by atoms with Gasteiger partial charge in [-0.15, -0.1) is 5.10 Å². The summed E-state index contributed by atoms with van der Waals surface area (Å²) in [5.41, 5.74) is 2.06. The van der Waals surface area contributed by atoms with Crippen LogP contribution in [0, 0.1) is 0 Å². The van der Waals surface area contributed by atoms with E-state index in [-0.39, 0.29) is 44.5 Å². The number of rotatable bonds is 18. The second kappa shape index (κ2) is 18.8. The fraction of sp³-hybridized carbons (Fsp3) is 0.837. The average molecular weight is 864 g/mol. The lowest BCUT2D eigenvalue weighted by Gasteiger charge is -2.56. The maximum atomic E-state index is 7.71. The molecule has 0 bridgehead atoms. The number of aromatic nitrogens is 4. The first-order chi connectivity index (χ1) is 25.8. The molecule has 14 heteroatoms. The van der Waals surface area contributed by atoms with Crippen LogP contribution in [0.4, 0.5) is 5.69 Å². The summed E-state index contributed by atoms with van der Waals surface area (Å²) in [4.78, 5) is 2.71. The fourth-order valence-electron chi connectivity index (χ4n) is 6.10. The topological polar surface area (TPSA) is 95.8 Å². The van der Waals surface area contributed by atoms with E-state index in [4.69, 9.17) is 17.7 Å². The molecule has 1 aromatic heterocycles. The first kappa shape index (κ1) is 50.1. The van der Waals surface area contributed by atoms with E-state index in [9.17, 15) is 0 Å². The average Bonchev–Trinajstić information content (AvgIpc) is 3.59. The lowest BCUT2D eigenvalue weighted by molar-refractivity contribution is -0.128. The number of likely N-dealkylation sites (tertiary alicyclic amines) is 1. The summed E-state index contributed by atoms with van der Waals surface area (Å²) in [7, 11) is -8.74. The van der Waals surface area contributed by atoms with Gasteiger partial charge in [0.1, 0.15) is 6.33 Å². The number of piperidine rings is 1. The molecule has 0 aliphatic carbocycles. The van der Waals surface area contributed by atoms with Gasteiger partial charge in [-0.3, -0.25) is 4.90 Å². The highest BCUT2D eigenvalue weighted by Crippen LogP contribution is 2.46. The number of hydrogen-bond acceptors (Lipinski definition) is 9. The molecule has 1 fully saturated rings. The van der Waals surface area contributed by atoms with Gasteiger partial charge in [-0.05, 0) is 127 Å². The Morgan fingerprint density at radius 1 is 0.632 bits per heavy atom. The van der Waals surface area contributed by atoms with E-state index < -0.39 is 33.3 Å². The van der Waals surface area contributed by atoms with Gasteiger partial charge in [-0.25, -0.2) is 4.68 Å². The molecular formula is C43H86N6O4Si4. The maximum Gasteiger partial charge on any atom is 0.192 e. The number of nitrogens with zero attached hydrogens (tertiary/aromatic N) is 5. The van der Waals surface area contributed by atoms with Crippen LogP contribution in [-0.2, 0) is 17.7 Å². The predicted molar refractivity (Wildman–Crippen MR) is 251 cm³/mol. The van der Waals surface area contributed by atoms with Gasteiger partial charge in [0.2, 0.25) is 0 Å². The second-order valence-corrected chi connectivity index (χ2v) is 42.0. The zero-order valence-electron chi connectivity index (χ0n) is 40.2. The SMILES string of the molecule is CC(C)(C)[Si](C)(C)OC[C@@H]1C(O[Si](C)(C)C(C)(C)C)C(O[Si](C)(C)C(C)(C)C)C(O[Si](C)(C)C(C)(C)C)CN1CCCCCCNc1ccc(-n2cnnn2)cc1. The summed E-state index contributed by atoms with van der Waals surface area (Å²) in [6.45, 7) is 50.8. The van der Waals surface area contributed by atoms with Gasteiger partial charge in [-0.2, -0.15) is 0 Å². The van der Waals surface area contributed by atoms with Crippen molar-refractivity contribution in [2.75, 3.05) is 31.6 Å². The van der Waals surface area contributed by atoms with Crippen molar-refractivity contribution in [3.8, 4) is 5.69 Å². The third kappa shape index (κ3) is 13.4. The standard InChI is InChI=1S/C43H86N6O4Si4/c1-40(2,3)54(13,14)50-32-36-38(52-56(17,18)42(7,8)9)39(53-57(19,20)43(10,11)12)37(51-55(15,16)41(4,5)6)31-48(36)30-24-22-21-23-29-44-34-25-27-35(28-26-34)49-33-45-46-47-49/h25-28,33,36-39,44H,21-24,29-32H2,1-20H3/t36-,37?,38?,39?/m1/s1. The number of nitrogens with one attached hydrogen (secondary N) is 1. The molecule has 1 aliphatic heterocycles. The quantitative estimate of drug-likeness (QED) is 0.116. The Hall–Kier alpha value is -1.24. The number of hydrogen-bond donors (Lipinski definition) is 1. The minimum absolute atomic E-state index is 0.0439. The third-order valence-corrected chi connectivity index (χ3v) is 32.2. The normalized spacial score (nSPS) is 21.3. The third-order valence-electron chi connectivity index (χ3n) is 14.3. The first-order valence-corrected chi connectivity index (χ1v) is 33.4. The zero-order valence-corrected chi connectivity index (χ0v) is 44.2. The van der Waals surface area contributed by atoms with Crippen LogP contribution in [0.25, 0.3) is 5.69 Å². The monoisotopic (exact) mass is 863 g/mol. The second-order valence-electron chi connectivity index (χ2n) is 22.9. The molecule has 2 aromatic rings. The van der Waals surface area contributed by atoms with Gasteiger partial charge in [-0.1, -0.05) is 95.9 Å². The van der Waals surface area contributed by atoms with E-state index in [1.165, 1.54) is 6.42 Å². The zero-order chi connectivity index (χ0) is 43.5. The Kier molecular flexibility index (Phi) is 16.5. The predicted octanol–water partition coefficient (Wildman–Crippen LogP) is 11.5. The van der Waals surface area contributed by atoms with Gasteiger partial charge in [0.25, 0.3) is 0 Å². The largest absolute Gasteiger partial charge is 0.415 e. The lowest BCUT2D eigenvalue weighted by Crippen LogP contribution is -2.70. The van der Waals surface area contributed by atoms with E-state index in [2.05, 4.69) is 173 Å². The lowest BCUT2D eigenvalue weighted by atomic mass is 9.94. The Morgan fingerprint density at radius 3 is 1.61 bits per heavy atom. The first-order valence-electron chi connectivity index (χ1n) is 21.8. The van der Waals surface area contributed by atoms with E-state index >= 15 is 0 Å². The van der Waals surface area contributed by atoms with Crippen LogP contribution in [0.15, 0.2) is 30.6 Å². The van der Waals surface area contributed by atoms with Crippen LogP contribution < -0.4 is 5.32 Å². The number of benzene rings is 1. The maximum absolute atomic E-state index is 7.71. The molecular weight excluding hydrogens is 777 g/mol. The van der Waals surface area contributed by atoms with Crippen molar-refractivity contribution in [3.05, 3.63) is 30.6 Å². The smallest absolute Gasteiger partial charge is 0.192 e. The van der Waals surface area contributed by atoms with Crippen molar-refractivity contribution >= 4 is 39.0 Å². The van der Waals surface area contributed by atoms with Crippen LogP contribution in [0.3, 0.4) is 0 Å². The molecule has 0 amide bonds. The molecule has 1 aliphatic rings. The summed E-state index contributed by atoms with van der Waals surface area (Å²) in [6.07, 6.45) is 5.75. The van der Waals surface area contributed by atoms with Crippen LogP contribution in [0.5, 0.6) is 0 Å². The summed E-state index contributed by atoms with van der Waals surface area (Å²) in [5.74, 6) is 0. The van der Waals surface area contributed by atoms with Crippen molar-refractivity contribution in [2.45, 2.75) is 206 Å². The van der Waals surface area contributed by atoms with Crippen LogP contribution in [0.2, 0.25) is 72.5 Å². The minimum atomic E-state index is -2.26. The van der Waals surface area contributed by atoms with E-state index in [1.807, 2.05) is 12.1 Å². The van der Waals surface area contributed by atoms with Crippen LogP contribution in [0.1, 0.15) is 109 Å². The Labute approximate surface area is 353 Å². The molecule has 57 heavy (non-hydrogen) atoms. The van der Waals surface area contributed by atoms with E-state index in [0.717, 1.165) is 50.3 Å². The van der Waals surface area contributed by atoms with Gasteiger partial charge in [0, 0.05) is 18.8 Å². The van der Waals surface area contributed by atoms with Crippen LogP contribution >= 0.6 is 0 Å². The number of unbranched alkanes of at least 4 members (excludes halogenated alkanes) is 3. The van der Waals surface area contributed by atoms with Gasteiger partial charge in [0.15, 0.2) is 33.3 Å². The Morgan fingerprint density at radius 2 is 1.12 bits per heavy atom. The Balaban J connectivity index is 1.93. The summed E-state index contributed by atoms with van der Waals surface area (Å²) in [6, 6.07) is 8.32. The van der Waals surface area contributed by atoms with Crippen molar-refractivity contribution in [2.24, 2.45) is 0 Å². The van der Waals surface area contributed by atoms with Gasteiger partial charge < -0.3 is 23.0 Å². The van der Waals surface area contributed by atoms with Crippen molar-refractivity contribution in [1.82, 2.24) is 25.1 Å². The summed E-state index contributed by atoms with van der Waals surface area (Å²) >= 11 is 0. The van der Waals surface area contributed by atoms with Crippen molar-refractivity contribution < 1.29 is 17.7 Å². The molecule has 328 valence electrons. The molecule has 2 heterocycles. The molecule has 3 unspecified atom stereocenters. The molecule has 0 radical (unpaired) electrons. The Bertz CT molecular complexity index is 1510. The number of tetrazole rings is 1. The fourth-order valence-corrected chi connectivity index (χ4v) is 11.1. The highest BCUT2D eigenvalue weighted by Gasteiger charge is 2.55. The van der Waals surface area contributed by atoms with Crippen molar-refractivity contribution in [3.63, 3.8) is 0 Å². The number of anilines is 1. The molecule has 1 saturated heterocycles. The minimum Gasteiger partial charge on any atom is -0.415 e. The van der Waals surface area contributed by atoms with E-state index in [1.54, 1.807) is 11.0 Å². The van der Waals surface area contributed by atoms with Crippen LogP contribution in [-0.4, -0.2) is 109 Å². The van der Waals surface area contributed by atoms with Crippen molar-refractivity contribution in [1.29, 1.82) is 0 Å². The molecule has 0 saturated carbocycles. The molecule has 1 aromatic carbocycles. The highest BCUT2D eigenvalue weighted by molar-refractivity contribution is 6.75. The highest BCUT2D eigenvalue weighted by atomic mass is 28.4. The summed E-state index contributed by atoms with van der Waals surface area (Å²) in [5, 5.41) is 15.3. The van der Waals surface area contributed by atoms with Gasteiger partial charge >= 0.3 is 0 Å². The molecule has 3 rings (SSSR count). The molecule has 0 spiro atoms. The van der Waals surface area contributed by atoms with Gasteiger partial charge in [0.05, 0.1) is 36.6 Å². The molecule has 1 N–H and O–H groups in total. The van der Waals surface area contributed by atoms with E-state index in [0.29, 0.717) is 6.61 Å². The molecule has 10 nitrogen and oxygen atoms in total.